The number of anilines is 1. The molecule has 0 aliphatic carbocycles. The van der Waals surface area contributed by atoms with Gasteiger partial charge in [0, 0.05) is 44.5 Å². The topological polar surface area (TPSA) is 104 Å². The van der Waals surface area contributed by atoms with Gasteiger partial charge in [-0.05, 0) is 12.8 Å². The van der Waals surface area contributed by atoms with Crippen LogP contribution in [0.25, 0.3) is 0 Å². The number of nitrogens with one attached hydrogen (secondary N) is 2. The molecule has 1 amide bonds. The van der Waals surface area contributed by atoms with Crippen molar-refractivity contribution < 1.29 is 13.2 Å². The standard InChI is InChI=1S/C13H21N5O3S/c1-22(20,21)16-5-4-13(19)17-11-3-2-8-18(10-11)12-9-14-6-7-15-12/h6-7,9,11,16H,2-5,8,10H2,1H3,(H,17,19)/t11-/m0/s1. The second-order valence-corrected chi connectivity index (χ2v) is 7.17. The Hall–Kier alpha value is -1.74. The summed E-state index contributed by atoms with van der Waals surface area (Å²) in [5.74, 6) is 0.655. The first-order valence-corrected chi connectivity index (χ1v) is 9.08. The van der Waals surface area contributed by atoms with Gasteiger partial charge in [0.05, 0.1) is 12.5 Å². The summed E-state index contributed by atoms with van der Waals surface area (Å²) in [4.78, 5) is 22.3. The molecular weight excluding hydrogens is 306 g/mol. The molecule has 2 N–H and O–H groups in total. The van der Waals surface area contributed by atoms with Crippen molar-refractivity contribution in [2.24, 2.45) is 0 Å². The maximum atomic E-state index is 11.8. The summed E-state index contributed by atoms with van der Waals surface area (Å²) >= 11 is 0. The molecule has 2 heterocycles. The summed E-state index contributed by atoms with van der Waals surface area (Å²) < 4.78 is 24.2. The lowest BCUT2D eigenvalue weighted by Gasteiger charge is -2.33. The molecule has 0 saturated carbocycles. The number of piperidine rings is 1. The fourth-order valence-corrected chi connectivity index (χ4v) is 2.88. The third kappa shape index (κ3) is 5.57. The van der Waals surface area contributed by atoms with Crippen LogP contribution in [0, 0.1) is 0 Å². The molecule has 2 rings (SSSR count). The van der Waals surface area contributed by atoms with E-state index in [-0.39, 0.29) is 24.9 Å². The fraction of sp³-hybridized carbons (Fsp3) is 0.615. The van der Waals surface area contributed by atoms with E-state index in [9.17, 15) is 13.2 Å². The van der Waals surface area contributed by atoms with Crippen LogP contribution in [0.2, 0.25) is 0 Å². The van der Waals surface area contributed by atoms with Gasteiger partial charge in [0.2, 0.25) is 15.9 Å². The molecule has 122 valence electrons. The molecule has 9 heteroatoms. The molecule has 0 radical (unpaired) electrons. The lowest BCUT2D eigenvalue weighted by Crippen LogP contribution is -2.48. The minimum atomic E-state index is -3.25. The Morgan fingerprint density at radius 2 is 2.27 bits per heavy atom. The van der Waals surface area contributed by atoms with Crippen LogP contribution in [0.1, 0.15) is 19.3 Å². The number of hydrogen-bond donors (Lipinski definition) is 2. The predicted molar refractivity (Wildman–Crippen MR) is 82.9 cm³/mol. The Labute approximate surface area is 130 Å². The predicted octanol–water partition coefficient (Wildman–Crippen LogP) is -0.499. The summed E-state index contributed by atoms with van der Waals surface area (Å²) in [5.41, 5.74) is 0. The number of aromatic nitrogens is 2. The van der Waals surface area contributed by atoms with Gasteiger partial charge in [-0.1, -0.05) is 0 Å². The molecule has 22 heavy (non-hydrogen) atoms. The lowest BCUT2D eigenvalue weighted by molar-refractivity contribution is -0.121. The molecule has 0 bridgehead atoms. The SMILES string of the molecule is CS(=O)(=O)NCCC(=O)N[C@H]1CCCN(c2cnccn2)C1. The van der Waals surface area contributed by atoms with E-state index in [0.717, 1.165) is 31.5 Å². The van der Waals surface area contributed by atoms with Crippen molar-refractivity contribution in [3.05, 3.63) is 18.6 Å². The summed E-state index contributed by atoms with van der Waals surface area (Å²) in [6, 6.07) is 0.0430. The monoisotopic (exact) mass is 327 g/mol. The maximum absolute atomic E-state index is 11.8. The van der Waals surface area contributed by atoms with Crippen LogP contribution in [0.15, 0.2) is 18.6 Å². The average Bonchev–Trinajstić information content (AvgIpc) is 2.47. The van der Waals surface area contributed by atoms with Gasteiger partial charge < -0.3 is 10.2 Å². The maximum Gasteiger partial charge on any atom is 0.221 e. The van der Waals surface area contributed by atoms with E-state index < -0.39 is 10.0 Å². The molecule has 1 aromatic heterocycles. The molecule has 1 saturated heterocycles. The van der Waals surface area contributed by atoms with Crippen molar-refractivity contribution in [1.82, 2.24) is 20.0 Å². The molecule has 0 aromatic carbocycles. The van der Waals surface area contributed by atoms with Crippen LogP contribution in [-0.2, 0) is 14.8 Å². The van der Waals surface area contributed by atoms with E-state index in [2.05, 4.69) is 24.9 Å². The van der Waals surface area contributed by atoms with Crippen molar-refractivity contribution in [1.29, 1.82) is 0 Å². The Morgan fingerprint density at radius 1 is 1.45 bits per heavy atom. The zero-order chi connectivity index (χ0) is 16.0. The van der Waals surface area contributed by atoms with Gasteiger partial charge in [-0.15, -0.1) is 0 Å². The molecular formula is C13H21N5O3S. The first-order valence-electron chi connectivity index (χ1n) is 7.19. The van der Waals surface area contributed by atoms with Gasteiger partial charge in [-0.2, -0.15) is 0 Å². The molecule has 1 fully saturated rings. The van der Waals surface area contributed by atoms with Crippen molar-refractivity contribution in [3.8, 4) is 0 Å². The largest absolute Gasteiger partial charge is 0.353 e. The van der Waals surface area contributed by atoms with Crippen molar-refractivity contribution in [3.63, 3.8) is 0 Å². The third-order valence-electron chi connectivity index (χ3n) is 3.38. The van der Waals surface area contributed by atoms with Crippen LogP contribution in [0.3, 0.4) is 0 Å². The second-order valence-electron chi connectivity index (χ2n) is 5.33. The number of nitrogens with zero attached hydrogens (tertiary/aromatic N) is 3. The van der Waals surface area contributed by atoms with Gasteiger partial charge in [-0.25, -0.2) is 18.1 Å². The lowest BCUT2D eigenvalue weighted by atomic mass is 10.1. The molecule has 8 nitrogen and oxygen atoms in total. The van der Waals surface area contributed by atoms with Crippen LogP contribution in [-0.4, -0.2) is 56.2 Å². The summed E-state index contributed by atoms with van der Waals surface area (Å²) in [6.45, 7) is 1.69. The van der Waals surface area contributed by atoms with E-state index in [1.165, 1.54) is 0 Å². The zero-order valence-corrected chi connectivity index (χ0v) is 13.3. The third-order valence-corrected chi connectivity index (χ3v) is 4.10. The number of hydrogen-bond acceptors (Lipinski definition) is 6. The smallest absolute Gasteiger partial charge is 0.221 e. The Morgan fingerprint density at radius 3 is 2.95 bits per heavy atom. The summed E-state index contributed by atoms with van der Waals surface area (Å²) in [6.07, 6.45) is 8.06. The molecule has 1 aliphatic rings. The number of rotatable bonds is 6. The van der Waals surface area contributed by atoms with Gasteiger partial charge in [0.15, 0.2) is 0 Å². The molecule has 0 spiro atoms. The molecule has 1 aromatic rings. The van der Waals surface area contributed by atoms with Gasteiger partial charge >= 0.3 is 0 Å². The van der Waals surface area contributed by atoms with E-state index >= 15 is 0 Å². The highest BCUT2D eigenvalue weighted by atomic mass is 32.2. The van der Waals surface area contributed by atoms with E-state index in [1.807, 2.05) is 0 Å². The second kappa shape index (κ2) is 7.50. The van der Waals surface area contributed by atoms with Crippen LogP contribution < -0.4 is 14.9 Å². The highest BCUT2D eigenvalue weighted by Crippen LogP contribution is 2.16. The van der Waals surface area contributed by atoms with Gasteiger partial charge in [0.25, 0.3) is 0 Å². The van der Waals surface area contributed by atoms with Crippen LogP contribution in [0.5, 0.6) is 0 Å². The van der Waals surface area contributed by atoms with E-state index in [0.29, 0.717) is 6.54 Å². The van der Waals surface area contributed by atoms with Gasteiger partial charge in [0.1, 0.15) is 5.82 Å². The van der Waals surface area contributed by atoms with Crippen molar-refractivity contribution in [2.45, 2.75) is 25.3 Å². The Balaban J connectivity index is 1.79. The quantitative estimate of drug-likeness (QED) is 0.730. The van der Waals surface area contributed by atoms with E-state index in [4.69, 9.17) is 0 Å². The minimum Gasteiger partial charge on any atom is -0.353 e. The fourth-order valence-electron chi connectivity index (χ4n) is 2.41. The minimum absolute atomic E-state index is 0.0430. The van der Waals surface area contributed by atoms with Crippen LogP contribution in [0.4, 0.5) is 5.82 Å². The normalized spacial score (nSPS) is 19.0. The summed E-state index contributed by atoms with van der Waals surface area (Å²) in [5, 5.41) is 2.94. The first-order chi connectivity index (χ1) is 10.4. The first kappa shape index (κ1) is 16.6. The number of carbonyl (C=O) groups is 1. The molecule has 1 atom stereocenters. The number of sulfonamides is 1. The highest BCUT2D eigenvalue weighted by molar-refractivity contribution is 7.88. The van der Waals surface area contributed by atoms with Crippen LogP contribution >= 0.6 is 0 Å². The van der Waals surface area contributed by atoms with E-state index in [1.54, 1.807) is 18.6 Å². The van der Waals surface area contributed by atoms with Gasteiger partial charge in [-0.3, -0.25) is 9.78 Å². The number of carbonyl (C=O) groups excluding carboxylic acids is 1. The Kier molecular flexibility index (Phi) is 5.67. The average molecular weight is 327 g/mol. The zero-order valence-electron chi connectivity index (χ0n) is 12.5. The highest BCUT2D eigenvalue weighted by Gasteiger charge is 2.22. The van der Waals surface area contributed by atoms with Crippen molar-refractivity contribution >= 4 is 21.7 Å². The number of amides is 1. The molecule has 0 unspecified atom stereocenters. The summed E-state index contributed by atoms with van der Waals surface area (Å²) in [7, 11) is -3.25. The van der Waals surface area contributed by atoms with Crippen molar-refractivity contribution in [2.75, 3.05) is 30.8 Å². The Bertz CT molecular complexity index is 593. The molecule has 1 aliphatic heterocycles.